The van der Waals surface area contributed by atoms with Gasteiger partial charge in [-0.1, -0.05) is 0 Å². The molecule has 86 valence electrons. The van der Waals surface area contributed by atoms with Crippen LogP contribution in [-0.2, 0) is 4.79 Å². The Balaban J connectivity index is 2.12. The zero-order chi connectivity index (χ0) is 11.8. The van der Waals surface area contributed by atoms with Crippen molar-refractivity contribution >= 4 is 11.6 Å². The van der Waals surface area contributed by atoms with Gasteiger partial charge in [0.1, 0.15) is 11.6 Å². The van der Waals surface area contributed by atoms with Crippen LogP contribution in [0.4, 0.5) is 14.5 Å². The first-order valence-corrected chi connectivity index (χ1v) is 5.07. The third-order valence-corrected chi connectivity index (χ3v) is 2.88. The summed E-state index contributed by atoms with van der Waals surface area (Å²) in [6.45, 7) is 0. The molecule has 1 amide bonds. The van der Waals surface area contributed by atoms with Crippen LogP contribution >= 0.6 is 0 Å². The molecule has 0 radical (unpaired) electrons. The van der Waals surface area contributed by atoms with Gasteiger partial charge in [-0.3, -0.25) is 4.79 Å². The highest BCUT2D eigenvalue weighted by atomic mass is 19.1. The van der Waals surface area contributed by atoms with Crippen LogP contribution in [0.5, 0.6) is 0 Å². The maximum atomic E-state index is 13.2. The van der Waals surface area contributed by atoms with E-state index in [-0.39, 0.29) is 5.69 Å². The summed E-state index contributed by atoms with van der Waals surface area (Å²) in [4.78, 5) is 11.7. The summed E-state index contributed by atoms with van der Waals surface area (Å²) in [6.07, 6.45) is 2.10. The summed E-state index contributed by atoms with van der Waals surface area (Å²) >= 11 is 0. The topological polar surface area (TPSA) is 55.1 Å². The second-order valence-electron chi connectivity index (χ2n) is 4.09. The van der Waals surface area contributed by atoms with Crippen molar-refractivity contribution in [3.63, 3.8) is 0 Å². The molecule has 0 atom stereocenters. The van der Waals surface area contributed by atoms with Crippen LogP contribution in [0.3, 0.4) is 0 Å². The fourth-order valence-corrected chi connectivity index (χ4v) is 1.62. The van der Waals surface area contributed by atoms with E-state index in [0.29, 0.717) is 12.8 Å². The summed E-state index contributed by atoms with van der Waals surface area (Å²) in [5.41, 5.74) is 4.84. The van der Waals surface area contributed by atoms with E-state index in [2.05, 4.69) is 5.32 Å². The second-order valence-corrected chi connectivity index (χ2v) is 4.09. The van der Waals surface area contributed by atoms with Gasteiger partial charge in [-0.25, -0.2) is 8.78 Å². The Morgan fingerprint density at radius 2 is 2.06 bits per heavy atom. The lowest BCUT2D eigenvalue weighted by Gasteiger charge is -2.36. The molecule has 1 aromatic rings. The molecule has 1 fully saturated rings. The molecule has 1 saturated carbocycles. The Labute approximate surface area is 91.6 Å². The summed E-state index contributed by atoms with van der Waals surface area (Å²) in [5.74, 6) is -1.89. The van der Waals surface area contributed by atoms with Crippen LogP contribution in [0.2, 0.25) is 0 Å². The minimum atomic E-state index is -0.888. The zero-order valence-corrected chi connectivity index (χ0v) is 8.59. The Morgan fingerprint density at radius 3 is 2.56 bits per heavy atom. The molecule has 0 aliphatic heterocycles. The number of rotatable bonds is 2. The number of anilines is 1. The Hall–Kier alpha value is -1.49. The average Bonchev–Trinajstić information content (AvgIpc) is 2.18. The molecule has 5 heteroatoms. The van der Waals surface area contributed by atoms with Crippen LogP contribution < -0.4 is 11.1 Å². The summed E-state index contributed by atoms with van der Waals surface area (Å²) < 4.78 is 25.8. The van der Waals surface area contributed by atoms with Gasteiger partial charge in [0.25, 0.3) is 0 Å². The van der Waals surface area contributed by atoms with Crippen molar-refractivity contribution in [3.8, 4) is 0 Å². The predicted molar refractivity (Wildman–Crippen MR) is 55.8 cm³/mol. The van der Waals surface area contributed by atoms with Crippen LogP contribution in [0, 0.1) is 11.6 Å². The van der Waals surface area contributed by atoms with E-state index in [9.17, 15) is 13.6 Å². The van der Waals surface area contributed by atoms with E-state index in [0.717, 1.165) is 18.6 Å². The third kappa shape index (κ3) is 1.90. The highest BCUT2D eigenvalue weighted by molar-refractivity contribution is 5.98. The van der Waals surface area contributed by atoms with E-state index in [4.69, 9.17) is 5.73 Å². The van der Waals surface area contributed by atoms with Crippen molar-refractivity contribution in [2.75, 3.05) is 5.32 Å². The summed E-state index contributed by atoms with van der Waals surface area (Å²) in [5, 5.41) is 2.37. The lowest BCUT2D eigenvalue weighted by atomic mass is 9.77. The van der Waals surface area contributed by atoms with Crippen molar-refractivity contribution in [1.82, 2.24) is 0 Å². The maximum absolute atomic E-state index is 13.2. The number of benzene rings is 1. The van der Waals surface area contributed by atoms with Gasteiger partial charge in [-0.2, -0.15) is 0 Å². The lowest BCUT2D eigenvalue weighted by Crippen LogP contribution is -2.56. The van der Waals surface area contributed by atoms with Crippen molar-refractivity contribution in [2.24, 2.45) is 5.73 Å². The molecule has 2 rings (SSSR count). The van der Waals surface area contributed by atoms with E-state index >= 15 is 0 Å². The largest absolute Gasteiger partial charge is 0.322 e. The first kappa shape index (κ1) is 11.0. The Kier molecular flexibility index (Phi) is 2.63. The molecule has 0 spiro atoms. The van der Waals surface area contributed by atoms with Crippen molar-refractivity contribution in [2.45, 2.75) is 24.8 Å². The molecule has 0 heterocycles. The van der Waals surface area contributed by atoms with Gasteiger partial charge in [-0.15, -0.1) is 0 Å². The predicted octanol–water partition coefficient (Wildman–Crippen LogP) is 1.78. The fraction of sp³-hybridized carbons (Fsp3) is 0.364. The summed E-state index contributed by atoms with van der Waals surface area (Å²) in [7, 11) is 0. The number of hydrogen-bond donors (Lipinski definition) is 2. The number of carbonyl (C=O) groups excluding carboxylic acids is 1. The monoisotopic (exact) mass is 226 g/mol. The minimum Gasteiger partial charge on any atom is -0.322 e. The van der Waals surface area contributed by atoms with Gasteiger partial charge >= 0.3 is 0 Å². The Morgan fingerprint density at radius 1 is 1.38 bits per heavy atom. The maximum Gasteiger partial charge on any atom is 0.244 e. The van der Waals surface area contributed by atoms with Gasteiger partial charge in [0.2, 0.25) is 5.91 Å². The smallest absolute Gasteiger partial charge is 0.244 e. The van der Waals surface area contributed by atoms with E-state index in [1.165, 1.54) is 6.07 Å². The van der Waals surface area contributed by atoms with Crippen LogP contribution in [0.25, 0.3) is 0 Å². The quantitative estimate of drug-likeness (QED) is 0.807. The highest BCUT2D eigenvalue weighted by Crippen LogP contribution is 2.30. The molecule has 16 heavy (non-hydrogen) atoms. The molecule has 1 aromatic carbocycles. The van der Waals surface area contributed by atoms with E-state index < -0.39 is 23.1 Å². The summed E-state index contributed by atoms with van der Waals surface area (Å²) in [6, 6.07) is 2.99. The van der Waals surface area contributed by atoms with Crippen LogP contribution in [0.1, 0.15) is 19.3 Å². The zero-order valence-electron chi connectivity index (χ0n) is 8.59. The van der Waals surface area contributed by atoms with Crippen molar-refractivity contribution < 1.29 is 13.6 Å². The third-order valence-electron chi connectivity index (χ3n) is 2.88. The van der Waals surface area contributed by atoms with Gasteiger partial charge in [0, 0.05) is 6.07 Å². The lowest BCUT2D eigenvalue weighted by molar-refractivity contribution is -0.123. The van der Waals surface area contributed by atoms with E-state index in [1.54, 1.807) is 0 Å². The second kappa shape index (κ2) is 3.83. The highest BCUT2D eigenvalue weighted by Gasteiger charge is 2.40. The molecule has 0 unspecified atom stereocenters. The molecule has 1 aliphatic carbocycles. The molecule has 0 bridgehead atoms. The number of nitrogens with one attached hydrogen (secondary N) is 1. The first-order valence-electron chi connectivity index (χ1n) is 5.07. The van der Waals surface area contributed by atoms with Gasteiger partial charge in [0.05, 0.1) is 11.2 Å². The molecular weight excluding hydrogens is 214 g/mol. The number of nitrogens with two attached hydrogens (primary N) is 1. The molecular formula is C11H12F2N2O. The molecule has 0 aromatic heterocycles. The standard InChI is InChI=1S/C11H12F2N2O/c12-7-2-3-9(8(13)6-7)15-10(16)11(14)4-1-5-11/h2-3,6H,1,4-5,14H2,(H,15,16). The van der Waals surface area contributed by atoms with Crippen LogP contribution in [0.15, 0.2) is 18.2 Å². The van der Waals surface area contributed by atoms with Crippen LogP contribution in [-0.4, -0.2) is 11.4 Å². The number of hydrogen-bond acceptors (Lipinski definition) is 2. The normalized spacial score (nSPS) is 17.7. The van der Waals surface area contributed by atoms with Gasteiger partial charge in [0.15, 0.2) is 0 Å². The minimum absolute atomic E-state index is 0.0388. The van der Waals surface area contributed by atoms with Gasteiger partial charge in [-0.05, 0) is 31.4 Å². The molecule has 3 N–H and O–H groups in total. The van der Waals surface area contributed by atoms with Gasteiger partial charge < -0.3 is 11.1 Å². The fourth-order valence-electron chi connectivity index (χ4n) is 1.62. The first-order chi connectivity index (χ1) is 7.51. The average molecular weight is 226 g/mol. The molecule has 0 saturated heterocycles. The molecule has 3 nitrogen and oxygen atoms in total. The number of halogens is 2. The SMILES string of the molecule is NC1(C(=O)Nc2ccc(F)cc2F)CCC1. The van der Waals surface area contributed by atoms with Crippen molar-refractivity contribution in [1.29, 1.82) is 0 Å². The Bertz CT molecular complexity index is 430. The number of carbonyl (C=O) groups is 1. The number of amides is 1. The van der Waals surface area contributed by atoms with E-state index in [1.807, 2.05) is 0 Å². The van der Waals surface area contributed by atoms with Crippen molar-refractivity contribution in [3.05, 3.63) is 29.8 Å². The molecule has 1 aliphatic rings.